The van der Waals surface area contributed by atoms with Crippen LogP contribution in [0.25, 0.3) is 0 Å². The standard InChI is InChI=1S/C32H41N3O4/c1-7-35(30(37)27(21-24-14-10-8-11-15-24)34-31(38)39-32(4,5)6)28(26-19-18-22(2)20-23(26)3)29(36)33-25-16-12-9-13-17-25/h1,8,10-11,14-15,18-20,25,27-28H,9,12-13,16-17,21H2,2-6H3,(H,33,36)(H,34,38). The lowest BCUT2D eigenvalue weighted by Crippen LogP contribution is -2.53. The molecule has 2 N–H and O–H groups in total. The number of carbonyl (C=O) groups is 3. The highest BCUT2D eigenvalue weighted by atomic mass is 16.6. The maximum Gasteiger partial charge on any atom is 0.408 e. The van der Waals surface area contributed by atoms with Crippen molar-refractivity contribution in [2.45, 2.75) is 96.9 Å². The summed E-state index contributed by atoms with van der Waals surface area (Å²) in [4.78, 5) is 41.8. The zero-order valence-electron chi connectivity index (χ0n) is 23.8. The second-order valence-corrected chi connectivity index (χ2v) is 11.3. The molecule has 2 atom stereocenters. The summed E-state index contributed by atoms with van der Waals surface area (Å²) in [6.07, 6.45) is 10.5. The lowest BCUT2D eigenvalue weighted by atomic mass is 9.93. The van der Waals surface area contributed by atoms with E-state index >= 15 is 0 Å². The number of ether oxygens (including phenoxy) is 1. The molecule has 3 rings (SSSR count). The van der Waals surface area contributed by atoms with Crippen LogP contribution < -0.4 is 10.6 Å². The molecule has 0 heterocycles. The first-order valence-electron chi connectivity index (χ1n) is 13.7. The molecule has 0 saturated heterocycles. The Balaban J connectivity index is 1.98. The Labute approximate surface area is 232 Å². The Morgan fingerprint density at radius 1 is 1.05 bits per heavy atom. The molecule has 1 aliphatic carbocycles. The second-order valence-electron chi connectivity index (χ2n) is 11.3. The predicted molar refractivity (Wildman–Crippen MR) is 153 cm³/mol. The predicted octanol–water partition coefficient (Wildman–Crippen LogP) is 5.35. The largest absolute Gasteiger partial charge is 0.444 e. The average Bonchev–Trinajstić information content (AvgIpc) is 2.87. The van der Waals surface area contributed by atoms with E-state index in [9.17, 15) is 14.4 Å². The van der Waals surface area contributed by atoms with E-state index < -0.39 is 29.7 Å². The number of amides is 3. The molecule has 2 aromatic carbocycles. The topological polar surface area (TPSA) is 87.7 Å². The first-order chi connectivity index (χ1) is 18.5. The van der Waals surface area contributed by atoms with Gasteiger partial charge in [0.2, 0.25) is 5.91 Å². The number of aryl methyl sites for hydroxylation is 2. The van der Waals surface area contributed by atoms with E-state index in [0.29, 0.717) is 5.56 Å². The van der Waals surface area contributed by atoms with Gasteiger partial charge in [-0.05, 0) is 64.2 Å². The highest BCUT2D eigenvalue weighted by molar-refractivity contribution is 5.93. The minimum absolute atomic E-state index is 0.0363. The van der Waals surface area contributed by atoms with Gasteiger partial charge < -0.3 is 15.4 Å². The van der Waals surface area contributed by atoms with E-state index in [0.717, 1.165) is 53.7 Å². The van der Waals surface area contributed by atoms with Crippen LogP contribution in [0, 0.1) is 26.3 Å². The monoisotopic (exact) mass is 531 g/mol. The lowest BCUT2D eigenvalue weighted by molar-refractivity contribution is -0.139. The minimum Gasteiger partial charge on any atom is -0.444 e. The zero-order valence-corrected chi connectivity index (χ0v) is 23.8. The van der Waals surface area contributed by atoms with Crippen molar-refractivity contribution in [2.24, 2.45) is 0 Å². The summed E-state index contributed by atoms with van der Waals surface area (Å²) < 4.78 is 5.44. The van der Waals surface area contributed by atoms with E-state index in [1.165, 1.54) is 0 Å². The molecule has 39 heavy (non-hydrogen) atoms. The Hall–Kier alpha value is -3.79. The summed E-state index contributed by atoms with van der Waals surface area (Å²) in [5.41, 5.74) is 2.62. The maximum absolute atomic E-state index is 14.1. The number of terminal acetylenes is 1. The van der Waals surface area contributed by atoms with Crippen molar-refractivity contribution in [3.63, 3.8) is 0 Å². The van der Waals surface area contributed by atoms with E-state index in [-0.39, 0.29) is 18.4 Å². The third kappa shape index (κ3) is 8.61. The third-order valence-corrected chi connectivity index (χ3v) is 6.83. The van der Waals surface area contributed by atoms with Gasteiger partial charge in [0, 0.05) is 18.5 Å². The van der Waals surface area contributed by atoms with Crippen molar-refractivity contribution in [1.29, 1.82) is 0 Å². The Morgan fingerprint density at radius 2 is 1.72 bits per heavy atom. The van der Waals surface area contributed by atoms with Crippen LogP contribution in [0.5, 0.6) is 0 Å². The number of benzene rings is 2. The third-order valence-electron chi connectivity index (χ3n) is 6.83. The number of hydrogen-bond donors (Lipinski definition) is 2. The minimum atomic E-state index is -1.05. The van der Waals surface area contributed by atoms with E-state index in [1.54, 1.807) is 20.8 Å². The number of carbonyl (C=O) groups excluding carboxylic acids is 3. The molecule has 1 aliphatic rings. The quantitative estimate of drug-likeness (QED) is 0.355. The van der Waals surface area contributed by atoms with Crippen molar-refractivity contribution in [2.75, 3.05) is 0 Å². The van der Waals surface area contributed by atoms with Gasteiger partial charge in [0.15, 0.2) is 0 Å². The molecule has 2 aromatic rings. The van der Waals surface area contributed by atoms with E-state index in [4.69, 9.17) is 11.2 Å². The molecule has 0 radical (unpaired) electrons. The maximum atomic E-state index is 14.1. The van der Waals surface area contributed by atoms with Gasteiger partial charge in [-0.2, -0.15) is 0 Å². The van der Waals surface area contributed by atoms with Crippen LogP contribution in [0.15, 0.2) is 48.5 Å². The van der Waals surface area contributed by atoms with Gasteiger partial charge in [-0.1, -0.05) is 79.8 Å². The van der Waals surface area contributed by atoms with Crippen LogP contribution in [0.1, 0.15) is 81.2 Å². The number of nitrogens with zero attached hydrogens (tertiary/aromatic N) is 1. The Kier molecular flexibility index (Phi) is 10.2. The van der Waals surface area contributed by atoms with Gasteiger partial charge in [0.1, 0.15) is 17.7 Å². The number of hydrogen-bond acceptors (Lipinski definition) is 4. The molecule has 0 bridgehead atoms. The highest BCUT2D eigenvalue weighted by Gasteiger charge is 2.37. The van der Waals surface area contributed by atoms with Crippen molar-refractivity contribution in [1.82, 2.24) is 15.5 Å². The molecule has 0 aromatic heterocycles. The molecule has 0 aliphatic heterocycles. The molecule has 7 heteroatoms. The Bertz CT molecular complexity index is 1190. The van der Waals surface area contributed by atoms with Crippen molar-refractivity contribution in [3.8, 4) is 12.5 Å². The van der Waals surface area contributed by atoms with Crippen molar-refractivity contribution < 1.29 is 19.1 Å². The molecule has 1 fully saturated rings. The fourth-order valence-electron chi connectivity index (χ4n) is 4.99. The van der Waals surface area contributed by atoms with Crippen molar-refractivity contribution >= 4 is 17.9 Å². The van der Waals surface area contributed by atoms with Gasteiger partial charge >= 0.3 is 6.09 Å². The number of alkyl carbamates (subject to hydrolysis) is 1. The smallest absolute Gasteiger partial charge is 0.408 e. The normalized spacial score (nSPS) is 15.4. The summed E-state index contributed by atoms with van der Waals surface area (Å²) >= 11 is 0. The van der Waals surface area contributed by atoms with Crippen LogP contribution in [0.4, 0.5) is 4.79 Å². The molecule has 7 nitrogen and oxygen atoms in total. The average molecular weight is 532 g/mol. The molecule has 1 saturated carbocycles. The fourth-order valence-corrected chi connectivity index (χ4v) is 4.99. The lowest BCUT2D eigenvalue weighted by Gasteiger charge is -2.33. The summed E-state index contributed by atoms with van der Waals surface area (Å²) in [7, 11) is 0. The van der Waals surface area contributed by atoms with Crippen LogP contribution in [-0.2, 0) is 20.7 Å². The summed E-state index contributed by atoms with van der Waals surface area (Å²) in [6.45, 7) is 9.13. The van der Waals surface area contributed by atoms with Crippen LogP contribution in [0.2, 0.25) is 0 Å². The molecular weight excluding hydrogens is 490 g/mol. The summed E-state index contributed by atoms with van der Waals surface area (Å²) in [5, 5.41) is 5.86. The SMILES string of the molecule is C#CN(C(=O)C(Cc1ccccc1)NC(=O)OC(C)(C)C)C(C(=O)NC1CCCCC1)c1ccc(C)cc1C. The molecular formula is C32H41N3O4. The zero-order chi connectivity index (χ0) is 28.6. The van der Waals surface area contributed by atoms with Crippen LogP contribution in [-0.4, -0.2) is 40.5 Å². The van der Waals surface area contributed by atoms with Gasteiger partial charge in [0.25, 0.3) is 5.91 Å². The van der Waals surface area contributed by atoms with E-state index in [2.05, 4.69) is 16.7 Å². The number of nitrogens with one attached hydrogen (secondary N) is 2. The highest BCUT2D eigenvalue weighted by Crippen LogP contribution is 2.28. The van der Waals surface area contributed by atoms with Crippen LogP contribution >= 0.6 is 0 Å². The molecule has 208 valence electrons. The second kappa shape index (κ2) is 13.3. The van der Waals surface area contributed by atoms with Crippen LogP contribution in [0.3, 0.4) is 0 Å². The number of rotatable bonds is 8. The van der Waals surface area contributed by atoms with Gasteiger partial charge in [-0.25, -0.2) is 4.79 Å². The Morgan fingerprint density at radius 3 is 2.31 bits per heavy atom. The molecule has 3 amide bonds. The first-order valence-corrected chi connectivity index (χ1v) is 13.7. The van der Waals surface area contributed by atoms with Gasteiger partial charge in [-0.15, -0.1) is 0 Å². The summed E-state index contributed by atoms with van der Waals surface area (Å²) in [5.74, 6) is -0.883. The summed E-state index contributed by atoms with van der Waals surface area (Å²) in [6, 6.07) is 15.5. The van der Waals surface area contributed by atoms with Crippen molar-refractivity contribution in [3.05, 3.63) is 70.8 Å². The van der Waals surface area contributed by atoms with Gasteiger partial charge in [-0.3, -0.25) is 14.5 Å². The van der Waals surface area contributed by atoms with Gasteiger partial charge in [0.05, 0.1) is 0 Å². The molecule has 2 unspecified atom stereocenters. The van der Waals surface area contributed by atoms with E-state index in [1.807, 2.05) is 62.4 Å². The molecule has 0 spiro atoms. The fraction of sp³-hybridized carbons (Fsp3) is 0.469. The first kappa shape index (κ1) is 29.8.